The highest BCUT2D eigenvalue weighted by molar-refractivity contribution is 8.03. The Labute approximate surface area is 161 Å². The molecule has 1 N–H and O–H groups in total. The van der Waals surface area contributed by atoms with Crippen LogP contribution in [0.5, 0.6) is 0 Å². The maximum atomic E-state index is 12.5. The van der Waals surface area contributed by atoms with Gasteiger partial charge in [-0.1, -0.05) is 54.3 Å². The fourth-order valence-electron chi connectivity index (χ4n) is 2.71. The number of hydrogen-bond acceptors (Lipinski definition) is 6. The van der Waals surface area contributed by atoms with Gasteiger partial charge in [0.25, 0.3) is 0 Å². The number of nitrogens with one attached hydrogen (secondary N) is 1. The predicted molar refractivity (Wildman–Crippen MR) is 108 cm³/mol. The summed E-state index contributed by atoms with van der Waals surface area (Å²) >= 11 is 4.80. The van der Waals surface area contributed by atoms with E-state index in [-0.39, 0.29) is 11.2 Å². The number of hydrogen-bond donors (Lipinski definition) is 1. The van der Waals surface area contributed by atoms with E-state index >= 15 is 0 Å². The Morgan fingerprint density at radius 2 is 2.08 bits per heavy atom. The minimum absolute atomic E-state index is 0.0123. The van der Waals surface area contributed by atoms with Crippen LogP contribution in [0.15, 0.2) is 26.9 Å². The lowest BCUT2D eigenvalue weighted by Gasteiger charge is -2.11. The van der Waals surface area contributed by atoms with Crippen molar-refractivity contribution < 1.29 is 4.79 Å². The number of carbonyl (C=O) groups excluding carboxylic acids is 1. The van der Waals surface area contributed by atoms with Crippen LogP contribution in [-0.4, -0.2) is 27.1 Å². The van der Waals surface area contributed by atoms with Crippen molar-refractivity contribution in [2.75, 3.05) is 11.1 Å². The Balaban J connectivity index is 1.52. The van der Waals surface area contributed by atoms with Crippen LogP contribution in [0.3, 0.4) is 0 Å². The van der Waals surface area contributed by atoms with Gasteiger partial charge in [-0.2, -0.15) is 0 Å². The van der Waals surface area contributed by atoms with Crippen LogP contribution in [0.1, 0.15) is 44.2 Å². The summed E-state index contributed by atoms with van der Waals surface area (Å²) in [4.78, 5) is 12.5. The average Bonchev–Trinajstić information content (AvgIpc) is 3.24. The van der Waals surface area contributed by atoms with Crippen molar-refractivity contribution in [1.29, 1.82) is 0 Å². The SMILES string of the molecule is CCCCSc1nnc(S[C@@H](C)C(=O)Nc2ccc3c(c2)CCC3)s1. The molecule has 0 radical (unpaired) electrons. The number of aromatic nitrogens is 2. The van der Waals surface area contributed by atoms with Crippen LogP contribution in [0.25, 0.3) is 0 Å². The second-order valence-electron chi connectivity index (χ2n) is 6.12. The van der Waals surface area contributed by atoms with Crippen molar-refractivity contribution in [3.8, 4) is 0 Å². The van der Waals surface area contributed by atoms with Crippen LogP contribution < -0.4 is 5.32 Å². The van der Waals surface area contributed by atoms with Crippen LogP contribution in [0, 0.1) is 0 Å². The molecule has 2 aromatic rings. The number of fused-ring (bicyclic) bond motifs is 1. The summed E-state index contributed by atoms with van der Waals surface area (Å²) in [7, 11) is 0. The molecule has 0 aliphatic heterocycles. The second kappa shape index (κ2) is 9.05. The van der Waals surface area contributed by atoms with Crippen molar-refractivity contribution >= 4 is 46.5 Å². The topological polar surface area (TPSA) is 54.9 Å². The Hall–Kier alpha value is -1.05. The van der Waals surface area contributed by atoms with Crippen LogP contribution in [0.4, 0.5) is 5.69 Å². The smallest absolute Gasteiger partial charge is 0.237 e. The Bertz CT molecular complexity index is 732. The summed E-state index contributed by atoms with van der Waals surface area (Å²) in [5.41, 5.74) is 3.68. The van der Waals surface area contributed by atoms with Crippen LogP contribution in [-0.2, 0) is 17.6 Å². The van der Waals surface area contributed by atoms with Crippen LogP contribution >= 0.6 is 34.9 Å². The highest BCUT2D eigenvalue weighted by atomic mass is 32.2. The van der Waals surface area contributed by atoms with E-state index in [1.807, 2.05) is 13.0 Å². The molecule has 0 fully saturated rings. The van der Waals surface area contributed by atoms with E-state index in [0.29, 0.717) is 0 Å². The van der Waals surface area contributed by atoms with Gasteiger partial charge in [0.1, 0.15) is 0 Å². The number of rotatable bonds is 8. The predicted octanol–water partition coefficient (Wildman–Crippen LogP) is 5.04. The van der Waals surface area contributed by atoms with Gasteiger partial charge in [0.2, 0.25) is 5.91 Å². The van der Waals surface area contributed by atoms with Crippen molar-refractivity contribution in [3.05, 3.63) is 29.3 Å². The van der Waals surface area contributed by atoms with Crippen LogP contribution in [0.2, 0.25) is 0 Å². The largest absolute Gasteiger partial charge is 0.325 e. The lowest BCUT2D eigenvalue weighted by atomic mass is 10.1. The van der Waals surface area contributed by atoms with Crippen molar-refractivity contribution in [2.45, 2.75) is 59.9 Å². The average molecular weight is 394 g/mol. The van der Waals surface area contributed by atoms with Crippen molar-refractivity contribution in [3.63, 3.8) is 0 Å². The minimum Gasteiger partial charge on any atom is -0.325 e. The molecule has 7 heteroatoms. The maximum Gasteiger partial charge on any atom is 0.237 e. The quantitative estimate of drug-likeness (QED) is 0.503. The van der Waals surface area contributed by atoms with Crippen molar-refractivity contribution in [2.24, 2.45) is 0 Å². The molecule has 1 amide bonds. The summed E-state index contributed by atoms with van der Waals surface area (Å²) in [5, 5.41) is 11.2. The summed E-state index contributed by atoms with van der Waals surface area (Å²) in [6, 6.07) is 6.26. The molecule has 134 valence electrons. The first-order valence-electron chi connectivity index (χ1n) is 8.71. The third-order valence-electron chi connectivity index (χ3n) is 4.12. The number of nitrogens with zero attached hydrogens (tertiary/aromatic N) is 2. The zero-order valence-electron chi connectivity index (χ0n) is 14.6. The Morgan fingerprint density at radius 1 is 1.28 bits per heavy atom. The van der Waals surface area contributed by atoms with Gasteiger partial charge in [-0.3, -0.25) is 4.79 Å². The molecule has 0 unspecified atom stereocenters. The van der Waals surface area contributed by atoms with E-state index in [1.54, 1.807) is 23.1 Å². The number of carbonyl (C=O) groups is 1. The Kier molecular flexibility index (Phi) is 6.78. The molecule has 1 atom stereocenters. The van der Waals surface area contributed by atoms with Gasteiger partial charge in [-0.05, 0) is 55.9 Å². The van der Waals surface area contributed by atoms with Gasteiger partial charge in [0, 0.05) is 11.4 Å². The molecule has 1 aliphatic carbocycles. The first-order valence-corrected chi connectivity index (χ1v) is 11.4. The lowest BCUT2D eigenvalue weighted by molar-refractivity contribution is -0.115. The molecule has 0 saturated carbocycles. The second-order valence-corrected chi connectivity index (χ2v) is 10.0. The number of amides is 1. The lowest BCUT2D eigenvalue weighted by Crippen LogP contribution is -2.22. The molecule has 0 saturated heterocycles. The van der Waals surface area contributed by atoms with Gasteiger partial charge in [-0.15, -0.1) is 10.2 Å². The van der Waals surface area contributed by atoms with Gasteiger partial charge >= 0.3 is 0 Å². The normalized spacial score (nSPS) is 14.3. The van der Waals surface area contributed by atoms with Gasteiger partial charge in [0.15, 0.2) is 8.68 Å². The molecular formula is C18H23N3OS3. The number of unbranched alkanes of at least 4 members (excludes halogenated alkanes) is 1. The highest BCUT2D eigenvalue weighted by Gasteiger charge is 2.18. The zero-order valence-corrected chi connectivity index (χ0v) is 17.0. The standard InChI is InChI=1S/C18H23N3OS3/c1-3-4-10-23-17-20-21-18(25-17)24-12(2)16(22)19-15-9-8-13-6-5-7-14(13)11-15/h8-9,11-12H,3-7,10H2,1-2H3,(H,19,22)/t12-/m0/s1. The third kappa shape index (κ3) is 5.21. The highest BCUT2D eigenvalue weighted by Crippen LogP contribution is 2.32. The zero-order chi connectivity index (χ0) is 17.6. The van der Waals surface area contributed by atoms with Gasteiger partial charge < -0.3 is 5.32 Å². The summed E-state index contributed by atoms with van der Waals surface area (Å²) in [5.74, 6) is 1.09. The van der Waals surface area contributed by atoms with E-state index in [1.165, 1.54) is 42.2 Å². The molecular weight excluding hydrogens is 370 g/mol. The first kappa shape index (κ1) is 18.7. The minimum atomic E-state index is -0.199. The first-order chi connectivity index (χ1) is 12.2. The fourth-order valence-corrected chi connectivity index (χ4v) is 6.02. The van der Waals surface area contributed by atoms with E-state index in [0.717, 1.165) is 33.0 Å². The molecule has 1 aromatic heterocycles. The van der Waals surface area contributed by atoms with Gasteiger partial charge in [-0.25, -0.2) is 0 Å². The molecule has 0 spiro atoms. The summed E-state index contributed by atoms with van der Waals surface area (Å²) < 4.78 is 1.85. The maximum absolute atomic E-state index is 12.5. The molecule has 1 heterocycles. The molecule has 25 heavy (non-hydrogen) atoms. The van der Waals surface area contributed by atoms with E-state index in [2.05, 4.69) is 34.6 Å². The van der Waals surface area contributed by atoms with E-state index in [4.69, 9.17) is 0 Å². The van der Waals surface area contributed by atoms with Crippen molar-refractivity contribution in [1.82, 2.24) is 10.2 Å². The number of thioether (sulfide) groups is 2. The monoisotopic (exact) mass is 393 g/mol. The Morgan fingerprint density at radius 3 is 2.92 bits per heavy atom. The molecule has 3 rings (SSSR count). The molecule has 1 aliphatic rings. The fraction of sp³-hybridized carbons (Fsp3) is 0.500. The summed E-state index contributed by atoms with van der Waals surface area (Å²) in [6.45, 7) is 4.10. The molecule has 4 nitrogen and oxygen atoms in total. The van der Waals surface area contributed by atoms with E-state index < -0.39 is 0 Å². The third-order valence-corrected chi connectivity index (χ3v) is 7.45. The number of anilines is 1. The van der Waals surface area contributed by atoms with E-state index in [9.17, 15) is 4.79 Å². The molecule has 0 bridgehead atoms. The number of benzene rings is 1. The number of aryl methyl sites for hydroxylation is 2. The van der Waals surface area contributed by atoms with Gasteiger partial charge in [0.05, 0.1) is 5.25 Å². The molecule has 1 aromatic carbocycles. The summed E-state index contributed by atoms with van der Waals surface area (Å²) in [6.07, 6.45) is 5.87.